The number of carbonyl (C=O) groups is 1. The van der Waals surface area contributed by atoms with Gasteiger partial charge in [0.2, 0.25) is 5.91 Å². The van der Waals surface area contributed by atoms with E-state index in [1.54, 1.807) is 6.20 Å². The first-order chi connectivity index (χ1) is 11.2. The van der Waals surface area contributed by atoms with Crippen molar-refractivity contribution in [3.63, 3.8) is 0 Å². The van der Waals surface area contributed by atoms with Crippen LogP contribution in [-0.2, 0) is 4.79 Å². The number of anilines is 1. The smallest absolute Gasteiger partial charge is 0.232 e. The number of hydrogen-bond acceptors (Lipinski definition) is 3. The van der Waals surface area contributed by atoms with E-state index in [1.807, 2.05) is 24.3 Å². The molecule has 0 spiro atoms. The molecule has 1 aromatic carbocycles. The maximum Gasteiger partial charge on any atom is 0.232 e. The first-order valence-corrected chi connectivity index (χ1v) is 8.57. The molecular formula is C19H23N3O. The Morgan fingerprint density at radius 3 is 3.17 bits per heavy atom. The third kappa shape index (κ3) is 2.32. The van der Waals surface area contributed by atoms with Crippen LogP contribution in [0.1, 0.15) is 31.2 Å². The molecule has 120 valence electrons. The lowest BCUT2D eigenvalue weighted by Gasteiger charge is -2.37. The minimum absolute atomic E-state index is 0.182. The van der Waals surface area contributed by atoms with E-state index in [0.717, 1.165) is 54.5 Å². The Balaban J connectivity index is 1.68. The fourth-order valence-electron chi connectivity index (χ4n) is 4.36. The van der Waals surface area contributed by atoms with Gasteiger partial charge in [-0.25, -0.2) is 0 Å². The van der Waals surface area contributed by atoms with Crippen LogP contribution in [0.25, 0.3) is 10.9 Å². The van der Waals surface area contributed by atoms with Crippen molar-refractivity contribution in [3.05, 3.63) is 36.0 Å². The molecule has 1 aromatic heterocycles. The van der Waals surface area contributed by atoms with Gasteiger partial charge in [-0.1, -0.05) is 18.9 Å². The number of amides is 1. The van der Waals surface area contributed by atoms with E-state index in [2.05, 4.69) is 22.5 Å². The number of rotatable bonds is 2. The van der Waals surface area contributed by atoms with Gasteiger partial charge in [0, 0.05) is 18.1 Å². The second kappa shape index (κ2) is 5.60. The van der Waals surface area contributed by atoms with Gasteiger partial charge in [0.05, 0.1) is 16.6 Å². The molecule has 1 amide bonds. The number of hydrogen-bond donors (Lipinski definition) is 2. The summed E-state index contributed by atoms with van der Waals surface area (Å²) in [5, 5.41) is 7.69. The van der Waals surface area contributed by atoms with Crippen molar-refractivity contribution in [2.24, 2.45) is 11.3 Å². The number of benzene rings is 1. The molecule has 23 heavy (non-hydrogen) atoms. The quantitative estimate of drug-likeness (QED) is 0.895. The molecule has 1 aliphatic heterocycles. The van der Waals surface area contributed by atoms with Crippen molar-refractivity contribution < 1.29 is 4.79 Å². The molecule has 2 aromatic rings. The van der Waals surface area contributed by atoms with Crippen LogP contribution in [0.15, 0.2) is 30.5 Å². The second-order valence-corrected chi connectivity index (χ2v) is 7.01. The highest BCUT2D eigenvalue weighted by Gasteiger charge is 2.49. The number of nitrogens with zero attached hydrogens (tertiary/aromatic N) is 1. The minimum atomic E-state index is -0.225. The highest BCUT2D eigenvalue weighted by molar-refractivity contribution is 6.04. The molecular weight excluding hydrogens is 286 g/mol. The Morgan fingerprint density at radius 1 is 1.35 bits per heavy atom. The van der Waals surface area contributed by atoms with E-state index in [1.165, 1.54) is 6.42 Å². The average Bonchev–Trinajstić information content (AvgIpc) is 3.03. The van der Waals surface area contributed by atoms with Crippen LogP contribution in [-0.4, -0.2) is 24.0 Å². The lowest BCUT2D eigenvalue weighted by atomic mass is 9.67. The summed E-state index contributed by atoms with van der Waals surface area (Å²) in [6, 6.07) is 8.01. The van der Waals surface area contributed by atoms with Crippen LogP contribution < -0.4 is 10.6 Å². The molecule has 0 bridgehead atoms. The van der Waals surface area contributed by atoms with Crippen LogP contribution in [0.2, 0.25) is 0 Å². The van der Waals surface area contributed by atoms with Crippen molar-refractivity contribution in [2.45, 2.75) is 32.6 Å². The zero-order chi connectivity index (χ0) is 15.9. The van der Waals surface area contributed by atoms with Crippen molar-refractivity contribution in [3.8, 4) is 0 Å². The number of fused-ring (bicyclic) bond motifs is 2. The third-order valence-corrected chi connectivity index (χ3v) is 5.71. The SMILES string of the molecule is Cc1ccc(NC(=O)[C@@]23CCCC[C@H]2CNC3)c2cccnc12. The molecule has 4 heteroatoms. The summed E-state index contributed by atoms with van der Waals surface area (Å²) in [6.07, 6.45) is 6.37. The number of aryl methyl sites for hydroxylation is 1. The zero-order valence-corrected chi connectivity index (χ0v) is 13.6. The van der Waals surface area contributed by atoms with E-state index >= 15 is 0 Å². The highest BCUT2D eigenvalue weighted by atomic mass is 16.2. The number of carbonyl (C=O) groups excluding carboxylic acids is 1. The molecule has 1 saturated heterocycles. The van der Waals surface area contributed by atoms with Gasteiger partial charge >= 0.3 is 0 Å². The lowest BCUT2D eigenvalue weighted by molar-refractivity contribution is -0.128. The summed E-state index contributed by atoms with van der Waals surface area (Å²) in [4.78, 5) is 17.6. The molecule has 2 atom stereocenters. The van der Waals surface area contributed by atoms with Gasteiger partial charge in [0.1, 0.15) is 0 Å². The number of nitrogens with one attached hydrogen (secondary N) is 2. The maximum atomic E-state index is 13.1. The highest BCUT2D eigenvalue weighted by Crippen LogP contribution is 2.44. The van der Waals surface area contributed by atoms with Gasteiger partial charge in [-0.3, -0.25) is 9.78 Å². The topological polar surface area (TPSA) is 54.0 Å². The maximum absolute atomic E-state index is 13.1. The van der Waals surface area contributed by atoms with Crippen LogP contribution in [0, 0.1) is 18.3 Å². The van der Waals surface area contributed by atoms with Gasteiger partial charge in [0.25, 0.3) is 0 Å². The average molecular weight is 309 g/mol. The summed E-state index contributed by atoms with van der Waals surface area (Å²) in [7, 11) is 0. The van der Waals surface area contributed by atoms with Crippen LogP contribution in [0.5, 0.6) is 0 Å². The van der Waals surface area contributed by atoms with Crippen molar-refractivity contribution in [2.75, 3.05) is 18.4 Å². The summed E-state index contributed by atoms with van der Waals surface area (Å²) < 4.78 is 0. The van der Waals surface area contributed by atoms with Crippen molar-refractivity contribution >= 4 is 22.5 Å². The molecule has 2 N–H and O–H groups in total. The van der Waals surface area contributed by atoms with Crippen molar-refractivity contribution in [1.29, 1.82) is 0 Å². The summed E-state index contributed by atoms with van der Waals surface area (Å²) in [5.41, 5.74) is 2.76. The fourth-order valence-corrected chi connectivity index (χ4v) is 4.36. The lowest BCUT2D eigenvalue weighted by Crippen LogP contribution is -2.44. The standard InChI is InChI=1S/C19H23N3O/c1-13-7-8-16(15-6-4-10-21-17(13)15)22-18(23)19-9-3-2-5-14(19)11-20-12-19/h4,6-8,10,14,20H,2-3,5,9,11-12H2,1H3,(H,22,23)/t14-,19+/m0/s1. The Morgan fingerprint density at radius 2 is 2.26 bits per heavy atom. The summed E-state index contributed by atoms with van der Waals surface area (Å²) >= 11 is 0. The Labute approximate surface area is 136 Å². The monoisotopic (exact) mass is 309 g/mol. The minimum Gasteiger partial charge on any atom is -0.325 e. The van der Waals surface area contributed by atoms with Gasteiger partial charge in [-0.15, -0.1) is 0 Å². The number of pyridine rings is 1. The molecule has 4 rings (SSSR count). The third-order valence-electron chi connectivity index (χ3n) is 5.71. The predicted octanol–water partition coefficient (Wildman–Crippen LogP) is 3.26. The van der Waals surface area contributed by atoms with Crippen LogP contribution in [0.4, 0.5) is 5.69 Å². The molecule has 2 fully saturated rings. The Bertz CT molecular complexity index is 757. The fraction of sp³-hybridized carbons (Fsp3) is 0.474. The Kier molecular flexibility index (Phi) is 3.57. The van der Waals surface area contributed by atoms with E-state index in [-0.39, 0.29) is 11.3 Å². The molecule has 0 unspecified atom stereocenters. The largest absolute Gasteiger partial charge is 0.325 e. The van der Waals surface area contributed by atoms with Crippen LogP contribution >= 0.6 is 0 Å². The first kappa shape index (κ1) is 14.6. The van der Waals surface area contributed by atoms with Gasteiger partial charge in [-0.2, -0.15) is 0 Å². The molecule has 1 aliphatic carbocycles. The van der Waals surface area contributed by atoms with E-state index in [9.17, 15) is 4.79 Å². The predicted molar refractivity (Wildman–Crippen MR) is 92.4 cm³/mol. The van der Waals surface area contributed by atoms with Gasteiger partial charge in [-0.05, 0) is 56.0 Å². The van der Waals surface area contributed by atoms with Gasteiger partial charge in [0.15, 0.2) is 0 Å². The van der Waals surface area contributed by atoms with E-state index < -0.39 is 0 Å². The van der Waals surface area contributed by atoms with E-state index in [4.69, 9.17) is 0 Å². The molecule has 0 radical (unpaired) electrons. The molecule has 2 aliphatic rings. The Hall–Kier alpha value is -1.94. The van der Waals surface area contributed by atoms with E-state index in [0.29, 0.717) is 5.92 Å². The summed E-state index contributed by atoms with van der Waals surface area (Å²) in [6.45, 7) is 3.84. The summed E-state index contributed by atoms with van der Waals surface area (Å²) in [5.74, 6) is 0.660. The molecule has 4 nitrogen and oxygen atoms in total. The van der Waals surface area contributed by atoms with Crippen molar-refractivity contribution in [1.82, 2.24) is 10.3 Å². The molecule has 1 saturated carbocycles. The normalized spacial score (nSPS) is 26.9. The first-order valence-electron chi connectivity index (χ1n) is 8.57. The number of aromatic nitrogens is 1. The second-order valence-electron chi connectivity index (χ2n) is 7.01. The van der Waals surface area contributed by atoms with Crippen LogP contribution in [0.3, 0.4) is 0 Å². The zero-order valence-electron chi connectivity index (χ0n) is 13.6. The molecule has 2 heterocycles. The van der Waals surface area contributed by atoms with Gasteiger partial charge < -0.3 is 10.6 Å².